The largest absolute Gasteiger partial charge is 0.381 e. The molecule has 1 N–H and O–H groups in total. The molecule has 1 aliphatic carbocycles. The number of ether oxygens (including phenoxy) is 1. The number of amides is 1. The lowest BCUT2D eigenvalue weighted by molar-refractivity contribution is 0.0937. The van der Waals surface area contributed by atoms with E-state index in [-0.39, 0.29) is 11.7 Å². The summed E-state index contributed by atoms with van der Waals surface area (Å²) in [5, 5.41) is 2.82. The summed E-state index contributed by atoms with van der Waals surface area (Å²) in [6.07, 6.45) is 4.52. The van der Waals surface area contributed by atoms with E-state index in [0.717, 1.165) is 18.9 Å². The zero-order valence-corrected chi connectivity index (χ0v) is 13.7. The quantitative estimate of drug-likeness (QED) is 0.703. The lowest BCUT2D eigenvalue weighted by Gasteiger charge is -2.07. The van der Waals surface area contributed by atoms with Gasteiger partial charge in [0.2, 0.25) is 0 Å². The van der Waals surface area contributed by atoms with Crippen LogP contribution in [0.4, 0.5) is 0 Å². The second-order valence-electron chi connectivity index (χ2n) is 5.90. The van der Waals surface area contributed by atoms with Crippen molar-refractivity contribution in [3.63, 3.8) is 0 Å². The van der Waals surface area contributed by atoms with Crippen molar-refractivity contribution in [2.45, 2.75) is 25.0 Å². The van der Waals surface area contributed by atoms with Crippen LogP contribution in [0.15, 0.2) is 24.3 Å². The van der Waals surface area contributed by atoms with Crippen LogP contribution < -0.4 is 5.32 Å². The molecule has 1 saturated carbocycles. The Balaban J connectivity index is 1.72. The third kappa shape index (κ3) is 6.58. The maximum atomic E-state index is 12.0. The van der Waals surface area contributed by atoms with Crippen LogP contribution in [0, 0.1) is 5.92 Å². The Morgan fingerprint density at radius 3 is 2.82 bits per heavy atom. The summed E-state index contributed by atoms with van der Waals surface area (Å²) in [6.45, 7) is 2.05. The van der Waals surface area contributed by atoms with Gasteiger partial charge in [0.15, 0.2) is 9.84 Å². The van der Waals surface area contributed by atoms with Crippen LogP contribution in [-0.4, -0.2) is 40.3 Å². The molecule has 0 spiro atoms. The standard InChI is InChI=1S/C16H23NO4S/c1-22(19,20)12-14-4-2-5-15(10-14)16(18)17-8-3-9-21-11-13-6-7-13/h2,4-5,10,13H,3,6-9,11-12H2,1H3,(H,17,18). The highest BCUT2D eigenvalue weighted by Crippen LogP contribution is 2.28. The summed E-state index contributed by atoms with van der Waals surface area (Å²) in [6, 6.07) is 6.72. The van der Waals surface area contributed by atoms with E-state index in [1.54, 1.807) is 24.3 Å². The summed E-state index contributed by atoms with van der Waals surface area (Å²) in [4.78, 5) is 12.0. The van der Waals surface area contributed by atoms with Crippen molar-refractivity contribution in [1.82, 2.24) is 5.32 Å². The van der Waals surface area contributed by atoms with Gasteiger partial charge in [0.05, 0.1) is 5.75 Å². The highest BCUT2D eigenvalue weighted by molar-refractivity contribution is 7.89. The van der Waals surface area contributed by atoms with Gasteiger partial charge >= 0.3 is 0 Å². The van der Waals surface area contributed by atoms with E-state index in [0.29, 0.717) is 24.3 Å². The van der Waals surface area contributed by atoms with E-state index in [1.807, 2.05) is 0 Å². The number of hydrogen-bond donors (Lipinski definition) is 1. The first-order valence-corrected chi connectivity index (χ1v) is 9.63. The second kappa shape index (κ2) is 7.74. The second-order valence-corrected chi connectivity index (χ2v) is 8.04. The first-order valence-electron chi connectivity index (χ1n) is 7.56. The average Bonchev–Trinajstić information content (AvgIpc) is 3.25. The van der Waals surface area contributed by atoms with E-state index in [1.165, 1.54) is 19.1 Å². The maximum absolute atomic E-state index is 12.0. The number of carbonyl (C=O) groups is 1. The number of sulfone groups is 1. The van der Waals surface area contributed by atoms with Crippen LogP contribution in [0.1, 0.15) is 35.2 Å². The normalized spacial score (nSPS) is 14.8. The minimum atomic E-state index is -3.10. The molecule has 0 bridgehead atoms. The van der Waals surface area contributed by atoms with Gasteiger partial charge in [-0.25, -0.2) is 8.42 Å². The fraction of sp³-hybridized carbons (Fsp3) is 0.562. The number of rotatable bonds is 9. The van der Waals surface area contributed by atoms with Crippen molar-refractivity contribution < 1.29 is 17.9 Å². The lowest BCUT2D eigenvalue weighted by atomic mass is 10.1. The molecule has 1 aliphatic rings. The summed E-state index contributed by atoms with van der Waals surface area (Å²) in [5.41, 5.74) is 1.11. The monoisotopic (exact) mass is 325 g/mol. The zero-order valence-electron chi connectivity index (χ0n) is 12.9. The molecule has 0 saturated heterocycles. The van der Waals surface area contributed by atoms with E-state index in [2.05, 4.69) is 5.32 Å². The molecule has 0 unspecified atom stereocenters. The van der Waals surface area contributed by atoms with Crippen LogP contribution in [0.5, 0.6) is 0 Å². The Kier molecular flexibility index (Phi) is 5.97. The summed E-state index contributed by atoms with van der Waals surface area (Å²) < 4.78 is 28.1. The fourth-order valence-electron chi connectivity index (χ4n) is 2.12. The molecule has 0 radical (unpaired) electrons. The Labute approximate surface area is 132 Å². The zero-order chi connectivity index (χ0) is 16.0. The Hall–Kier alpha value is -1.40. The molecular weight excluding hydrogens is 302 g/mol. The van der Waals surface area contributed by atoms with E-state index < -0.39 is 9.84 Å². The number of nitrogens with one attached hydrogen (secondary N) is 1. The average molecular weight is 325 g/mol. The maximum Gasteiger partial charge on any atom is 0.251 e. The summed E-state index contributed by atoms with van der Waals surface area (Å²) in [5.74, 6) is 0.521. The summed E-state index contributed by atoms with van der Waals surface area (Å²) in [7, 11) is -3.10. The molecule has 1 aromatic rings. The molecule has 2 rings (SSSR count). The Morgan fingerprint density at radius 1 is 1.36 bits per heavy atom. The first-order chi connectivity index (χ1) is 10.4. The molecule has 22 heavy (non-hydrogen) atoms. The SMILES string of the molecule is CS(=O)(=O)Cc1cccc(C(=O)NCCCOCC2CC2)c1. The van der Waals surface area contributed by atoms with Crippen LogP contribution in [0.25, 0.3) is 0 Å². The third-order valence-corrected chi connectivity index (χ3v) is 4.28. The van der Waals surface area contributed by atoms with Crippen molar-refractivity contribution in [3.05, 3.63) is 35.4 Å². The van der Waals surface area contributed by atoms with Gasteiger partial charge in [-0.3, -0.25) is 4.79 Å². The molecule has 1 aromatic carbocycles. The van der Waals surface area contributed by atoms with Gasteiger partial charge in [0.1, 0.15) is 0 Å². The van der Waals surface area contributed by atoms with E-state index in [4.69, 9.17) is 4.74 Å². The van der Waals surface area contributed by atoms with Gasteiger partial charge in [-0.2, -0.15) is 0 Å². The Morgan fingerprint density at radius 2 is 2.14 bits per heavy atom. The van der Waals surface area contributed by atoms with Crippen molar-refractivity contribution in [3.8, 4) is 0 Å². The highest BCUT2D eigenvalue weighted by Gasteiger charge is 2.20. The fourth-order valence-corrected chi connectivity index (χ4v) is 2.90. The minimum absolute atomic E-state index is 0.0525. The van der Waals surface area contributed by atoms with Gasteiger partial charge in [-0.1, -0.05) is 12.1 Å². The van der Waals surface area contributed by atoms with Crippen molar-refractivity contribution in [2.75, 3.05) is 26.0 Å². The van der Waals surface area contributed by atoms with Crippen LogP contribution in [0.2, 0.25) is 0 Å². The molecule has 0 heterocycles. The topological polar surface area (TPSA) is 72.5 Å². The van der Waals surface area contributed by atoms with Crippen LogP contribution in [0.3, 0.4) is 0 Å². The molecule has 0 aromatic heterocycles. The van der Waals surface area contributed by atoms with Gasteiger partial charge in [0, 0.05) is 31.6 Å². The van der Waals surface area contributed by atoms with E-state index >= 15 is 0 Å². The van der Waals surface area contributed by atoms with Crippen molar-refractivity contribution in [2.24, 2.45) is 5.92 Å². The molecule has 1 amide bonds. The van der Waals surface area contributed by atoms with Gasteiger partial charge < -0.3 is 10.1 Å². The van der Waals surface area contributed by atoms with Gasteiger partial charge in [-0.05, 0) is 42.9 Å². The van der Waals surface area contributed by atoms with Crippen LogP contribution in [-0.2, 0) is 20.3 Å². The molecular formula is C16H23NO4S. The van der Waals surface area contributed by atoms with E-state index in [9.17, 15) is 13.2 Å². The van der Waals surface area contributed by atoms with Gasteiger partial charge in [-0.15, -0.1) is 0 Å². The predicted molar refractivity (Wildman–Crippen MR) is 85.5 cm³/mol. The number of hydrogen-bond acceptors (Lipinski definition) is 4. The molecule has 6 heteroatoms. The Bertz CT molecular complexity index is 608. The number of benzene rings is 1. The molecule has 1 fully saturated rings. The van der Waals surface area contributed by atoms with Crippen LogP contribution >= 0.6 is 0 Å². The first kappa shape index (κ1) is 17.0. The van der Waals surface area contributed by atoms with Crippen molar-refractivity contribution >= 4 is 15.7 Å². The molecule has 122 valence electrons. The van der Waals surface area contributed by atoms with Gasteiger partial charge in [0.25, 0.3) is 5.91 Å². The molecule has 5 nitrogen and oxygen atoms in total. The summed E-state index contributed by atoms with van der Waals surface area (Å²) >= 11 is 0. The molecule has 0 aliphatic heterocycles. The third-order valence-electron chi connectivity index (χ3n) is 3.42. The van der Waals surface area contributed by atoms with Crippen molar-refractivity contribution in [1.29, 1.82) is 0 Å². The lowest BCUT2D eigenvalue weighted by Crippen LogP contribution is -2.25. The number of carbonyl (C=O) groups excluding carboxylic acids is 1. The smallest absolute Gasteiger partial charge is 0.251 e. The molecule has 0 atom stereocenters. The minimum Gasteiger partial charge on any atom is -0.381 e. The highest BCUT2D eigenvalue weighted by atomic mass is 32.2. The predicted octanol–water partition coefficient (Wildman–Crippen LogP) is 1.78.